The number of Topliss-reactive ketones (excluding diaryl/α,β-unsaturated/α-hetero) is 2. The van der Waals surface area contributed by atoms with E-state index in [0.29, 0.717) is 51.6 Å². The summed E-state index contributed by atoms with van der Waals surface area (Å²) in [4.78, 5) is 47.5. The van der Waals surface area contributed by atoms with Crippen LogP contribution in [0.1, 0.15) is 64.9 Å². The minimum Gasteiger partial charge on any atom is -0.370 e. The summed E-state index contributed by atoms with van der Waals surface area (Å²) in [7, 11) is 0. The Hall–Kier alpha value is -3.43. The number of hydrogen-bond acceptors (Lipinski definition) is 5. The van der Waals surface area contributed by atoms with E-state index in [2.05, 4.69) is 15.3 Å². The van der Waals surface area contributed by atoms with Gasteiger partial charge in [-0.15, -0.1) is 0 Å². The van der Waals surface area contributed by atoms with Crippen LogP contribution in [0.4, 0.5) is 0 Å². The Morgan fingerprint density at radius 3 is 1.89 bits per heavy atom. The number of amides is 1. The third kappa shape index (κ3) is 12.9. The first-order valence-corrected chi connectivity index (χ1v) is 13.1. The number of benzene rings is 1. The van der Waals surface area contributed by atoms with Crippen molar-refractivity contribution in [2.75, 3.05) is 13.1 Å². The summed E-state index contributed by atoms with van der Waals surface area (Å²) in [6.45, 7) is 6.42. The van der Waals surface area contributed by atoms with Crippen molar-refractivity contribution >= 4 is 29.4 Å². The Morgan fingerprint density at radius 2 is 1.41 bits per heavy atom. The fraction of sp³-hybridized carbons (Fsp3) is 0.593. The molecule has 206 valence electrons. The number of nitrogens with one attached hydrogen (secondary N) is 1. The van der Waals surface area contributed by atoms with Gasteiger partial charge in [-0.3, -0.25) is 24.4 Å². The Morgan fingerprint density at radius 1 is 0.865 bits per heavy atom. The smallest absolute Gasteiger partial charge is 0.223 e. The van der Waals surface area contributed by atoms with Crippen molar-refractivity contribution in [1.29, 1.82) is 0 Å². The molecule has 0 aliphatic carbocycles. The van der Waals surface area contributed by atoms with Crippen LogP contribution in [0, 0.1) is 17.8 Å². The third-order valence-electron chi connectivity index (χ3n) is 6.28. The number of hydrogen-bond donors (Lipinski definition) is 5. The maximum Gasteiger partial charge on any atom is 0.223 e. The van der Waals surface area contributed by atoms with E-state index in [0.717, 1.165) is 5.56 Å². The summed E-state index contributed by atoms with van der Waals surface area (Å²) in [5.41, 5.74) is 22.5. The Bertz CT molecular complexity index is 908. The van der Waals surface area contributed by atoms with Gasteiger partial charge < -0.3 is 28.3 Å². The second kappa shape index (κ2) is 17.1. The number of carbonyl (C=O) groups is 3. The van der Waals surface area contributed by atoms with Crippen LogP contribution in [0.3, 0.4) is 0 Å². The van der Waals surface area contributed by atoms with Crippen molar-refractivity contribution < 1.29 is 14.4 Å². The molecule has 3 atom stereocenters. The maximum atomic E-state index is 13.5. The van der Waals surface area contributed by atoms with Gasteiger partial charge in [-0.05, 0) is 44.1 Å². The van der Waals surface area contributed by atoms with Crippen LogP contribution in [0.2, 0.25) is 0 Å². The molecule has 0 aromatic heterocycles. The lowest BCUT2D eigenvalue weighted by atomic mass is 9.85. The Kier molecular flexibility index (Phi) is 14.6. The lowest BCUT2D eigenvalue weighted by molar-refractivity contribution is -0.133. The summed E-state index contributed by atoms with van der Waals surface area (Å²) in [6, 6.07) is 8.80. The summed E-state index contributed by atoms with van der Waals surface area (Å²) >= 11 is 0. The zero-order valence-corrected chi connectivity index (χ0v) is 22.5. The van der Waals surface area contributed by atoms with E-state index in [1.54, 1.807) is 0 Å². The van der Waals surface area contributed by atoms with Crippen LogP contribution in [-0.4, -0.2) is 48.5 Å². The van der Waals surface area contributed by atoms with Crippen LogP contribution in [0.5, 0.6) is 0 Å². The zero-order chi connectivity index (χ0) is 27.8. The standard InChI is InChI=1S/C27H45N7O3/c1-4-20(12-8-14-32-26(28)29)25(37)34-22(16-19-10-6-5-7-11-19)23(35)17-21(24(36)18(2)3)13-9-15-33-27(30)31/h5-7,10-11,18,20-22H,4,8-9,12-17H2,1-3H3,(H,34,37)(H4,28,29,32)(H4,30,31,33). The SMILES string of the molecule is CCC(CCCN=C(N)N)C(=O)NC(Cc1ccccc1)C(=O)CC(CCCN=C(N)N)C(=O)C(C)C. The van der Waals surface area contributed by atoms with Gasteiger partial charge in [-0.1, -0.05) is 51.1 Å². The highest BCUT2D eigenvalue weighted by Gasteiger charge is 2.30. The molecule has 0 radical (unpaired) electrons. The molecule has 0 fully saturated rings. The quantitative estimate of drug-likeness (QED) is 0.111. The highest BCUT2D eigenvalue weighted by molar-refractivity contribution is 5.94. The summed E-state index contributed by atoms with van der Waals surface area (Å²) in [5.74, 6) is -1.24. The second-order valence-electron chi connectivity index (χ2n) is 9.68. The lowest BCUT2D eigenvalue weighted by Gasteiger charge is -2.24. The van der Waals surface area contributed by atoms with Gasteiger partial charge in [0.05, 0.1) is 6.04 Å². The van der Waals surface area contributed by atoms with E-state index >= 15 is 0 Å². The first kappa shape index (κ1) is 31.6. The average molecular weight is 516 g/mol. The molecule has 3 unspecified atom stereocenters. The van der Waals surface area contributed by atoms with Gasteiger partial charge in [0.25, 0.3) is 0 Å². The molecule has 0 saturated carbocycles. The third-order valence-corrected chi connectivity index (χ3v) is 6.28. The summed E-state index contributed by atoms with van der Waals surface area (Å²) < 4.78 is 0. The van der Waals surface area contributed by atoms with Gasteiger partial charge in [-0.25, -0.2) is 0 Å². The van der Waals surface area contributed by atoms with Gasteiger partial charge in [-0.2, -0.15) is 0 Å². The fourth-order valence-corrected chi connectivity index (χ4v) is 4.20. The van der Waals surface area contributed by atoms with Gasteiger partial charge in [0.1, 0.15) is 5.78 Å². The Balaban J connectivity index is 3.00. The number of carbonyl (C=O) groups excluding carboxylic acids is 3. The van der Waals surface area contributed by atoms with Crippen molar-refractivity contribution in [3.8, 4) is 0 Å². The summed E-state index contributed by atoms with van der Waals surface area (Å²) in [6.07, 6.45) is 3.36. The van der Waals surface area contributed by atoms with Crippen molar-refractivity contribution in [2.24, 2.45) is 50.7 Å². The molecule has 1 rings (SSSR count). The number of guanidine groups is 2. The molecule has 1 aromatic carbocycles. The molecule has 0 heterocycles. The van der Waals surface area contributed by atoms with Crippen molar-refractivity contribution in [3.63, 3.8) is 0 Å². The van der Waals surface area contributed by atoms with E-state index in [-0.39, 0.29) is 47.6 Å². The molecule has 9 N–H and O–H groups in total. The van der Waals surface area contributed by atoms with Gasteiger partial charge in [0.15, 0.2) is 17.7 Å². The first-order valence-electron chi connectivity index (χ1n) is 13.1. The molecule has 37 heavy (non-hydrogen) atoms. The van der Waals surface area contributed by atoms with E-state index in [1.807, 2.05) is 51.1 Å². The van der Waals surface area contributed by atoms with Gasteiger partial charge >= 0.3 is 0 Å². The normalized spacial score (nSPS) is 13.3. The molecule has 10 nitrogen and oxygen atoms in total. The van der Waals surface area contributed by atoms with E-state index in [1.165, 1.54) is 0 Å². The number of aliphatic imine (C=N–C) groups is 2. The minimum absolute atomic E-state index is 0.00257. The predicted molar refractivity (Wildman–Crippen MR) is 149 cm³/mol. The molecule has 0 aliphatic heterocycles. The number of nitrogens with two attached hydrogens (primary N) is 4. The molecule has 1 amide bonds. The topological polar surface area (TPSA) is 192 Å². The highest BCUT2D eigenvalue weighted by atomic mass is 16.2. The largest absolute Gasteiger partial charge is 0.370 e. The van der Waals surface area contributed by atoms with Crippen LogP contribution < -0.4 is 28.3 Å². The number of ketones is 2. The minimum atomic E-state index is -0.734. The average Bonchev–Trinajstić information content (AvgIpc) is 2.85. The van der Waals surface area contributed by atoms with Crippen LogP contribution in [0.25, 0.3) is 0 Å². The van der Waals surface area contributed by atoms with Crippen LogP contribution in [-0.2, 0) is 20.8 Å². The molecular weight excluding hydrogens is 470 g/mol. The van der Waals surface area contributed by atoms with Gasteiger partial charge in [0.2, 0.25) is 5.91 Å². The van der Waals surface area contributed by atoms with Crippen molar-refractivity contribution in [3.05, 3.63) is 35.9 Å². The van der Waals surface area contributed by atoms with E-state index in [4.69, 9.17) is 22.9 Å². The lowest BCUT2D eigenvalue weighted by Crippen LogP contribution is -2.46. The molecule has 1 aromatic rings. The molecule has 0 spiro atoms. The molecule has 0 saturated heterocycles. The van der Waals surface area contributed by atoms with Crippen LogP contribution >= 0.6 is 0 Å². The zero-order valence-electron chi connectivity index (χ0n) is 22.5. The Labute approximate surface area is 220 Å². The van der Waals surface area contributed by atoms with E-state index in [9.17, 15) is 14.4 Å². The summed E-state index contributed by atoms with van der Waals surface area (Å²) in [5, 5.41) is 2.98. The van der Waals surface area contributed by atoms with Gasteiger partial charge in [0, 0.05) is 37.3 Å². The van der Waals surface area contributed by atoms with Crippen molar-refractivity contribution in [1.82, 2.24) is 5.32 Å². The van der Waals surface area contributed by atoms with Crippen LogP contribution in [0.15, 0.2) is 40.3 Å². The number of rotatable bonds is 18. The highest BCUT2D eigenvalue weighted by Crippen LogP contribution is 2.20. The molecule has 0 aliphatic rings. The monoisotopic (exact) mass is 515 g/mol. The molecular formula is C27H45N7O3. The first-order chi connectivity index (χ1) is 17.5. The van der Waals surface area contributed by atoms with E-state index < -0.39 is 12.0 Å². The number of nitrogens with zero attached hydrogens (tertiary/aromatic N) is 2. The molecule has 10 heteroatoms. The molecule has 0 bridgehead atoms. The van der Waals surface area contributed by atoms with Crippen molar-refractivity contribution in [2.45, 2.75) is 71.8 Å². The maximum absolute atomic E-state index is 13.5. The fourth-order valence-electron chi connectivity index (χ4n) is 4.20. The second-order valence-corrected chi connectivity index (χ2v) is 9.68. The predicted octanol–water partition coefficient (Wildman–Crippen LogP) is 1.65.